The highest BCUT2D eigenvalue weighted by molar-refractivity contribution is 6.35. The Morgan fingerprint density at radius 1 is 1.17 bits per heavy atom. The van der Waals surface area contributed by atoms with Crippen LogP contribution in [-0.4, -0.2) is 18.4 Å². The van der Waals surface area contributed by atoms with Gasteiger partial charge in [-0.15, -0.1) is 0 Å². The van der Waals surface area contributed by atoms with E-state index in [9.17, 15) is 9.59 Å². The van der Waals surface area contributed by atoms with Crippen molar-refractivity contribution >= 4 is 23.4 Å². The Morgan fingerprint density at radius 3 is 2.50 bits per heavy atom. The van der Waals surface area contributed by atoms with Gasteiger partial charge in [0.25, 0.3) is 0 Å². The summed E-state index contributed by atoms with van der Waals surface area (Å²) in [5, 5.41) is 5.65. The summed E-state index contributed by atoms with van der Waals surface area (Å²) >= 11 is 5.94. The van der Waals surface area contributed by atoms with E-state index in [4.69, 9.17) is 11.6 Å². The van der Waals surface area contributed by atoms with Crippen molar-refractivity contribution < 1.29 is 9.59 Å². The number of benzene rings is 1. The molecule has 18 heavy (non-hydrogen) atoms. The van der Waals surface area contributed by atoms with Gasteiger partial charge < -0.3 is 10.6 Å². The van der Waals surface area contributed by atoms with Crippen LogP contribution in [0.3, 0.4) is 0 Å². The quantitative estimate of drug-likeness (QED) is 0.633. The zero-order chi connectivity index (χ0) is 13.4. The lowest BCUT2D eigenvalue weighted by molar-refractivity contribution is -0.139. The molecule has 0 aliphatic carbocycles. The van der Waals surface area contributed by atoms with E-state index in [1.807, 2.05) is 19.1 Å². The second kappa shape index (κ2) is 7.71. The molecule has 0 aromatic heterocycles. The summed E-state index contributed by atoms with van der Waals surface area (Å²) in [6, 6.07) is 7.18. The largest absolute Gasteiger partial charge is 0.348 e. The van der Waals surface area contributed by atoms with Gasteiger partial charge in [0.1, 0.15) is 0 Å². The van der Waals surface area contributed by atoms with Crippen molar-refractivity contribution in [2.75, 3.05) is 6.54 Å². The van der Waals surface area contributed by atoms with Crippen molar-refractivity contribution in [3.05, 3.63) is 34.9 Å². The maximum absolute atomic E-state index is 11.5. The minimum absolute atomic E-state index is 0.250. The van der Waals surface area contributed by atoms with E-state index in [0.717, 1.165) is 18.4 Å². The van der Waals surface area contributed by atoms with E-state index >= 15 is 0 Å². The van der Waals surface area contributed by atoms with Crippen molar-refractivity contribution in [3.63, 3.8) is 0 Å². The number of amides is 2. The van der Waals surface area contributed by atoms with E-state index in [0.29, 0.717) is 11.6 Å². The minimum Gasteiger partial charge on any atom is -0.348 e. The van der Waals surface area contributed by atoms with Crippen molar-refractivity contribution in [1.29, 1.82) is 0 Å². The van der Waals surface area contributed by atoms with Crippen molar-refractivity contribution in [1.82, 2.24) is 10.6 Å². The first-order chi connectivity index (χ1) is 8.65. The highest BCUT2D eigenvalue weighted by Crippen LogP contribution is 2.13. The van der Waals surface area contributed by atoms with E-state index < -0.39 is 11.8 Å². The monoisotopic (exact) mass is 268 g/mol. The van der Waals surface area contributed by atoms with Gasteiger partial charge in [-0.1, -0.05) is 43.1 Å². The van der Waals surface area contributed by atoms with Crippen LogP contribution < -0.4 is 10.6 Å². The maximum Gasteiger partial charge on any atom is 0.309 e. The van der Waals surface area contributed by atoms with Crippen LogP contribution >= 0.6 is 11.6 Å². The Hall–Kier alpha value is -1.55. The molecule has 0 unspecified atom stereocenters. The summed E-state index contributed by atoms with van der Waals surface area (Å²) in [6.45, 7) is 2.79. The molecule has 0 spiro atoms. The fourth-order valence-corrected chi connectivity index (χ4v) is 1.56. The standard InChI is InChI=1S/C13H17ClN2O2/c1-2-3-8-15-12(17)13(18)16-9-10-6-4-5-7-11(10)14/h4-7H,2-3,8-9H2,1H3,(H,15,17)(H,16,18). The van der Waals surface area contributed by atoms with Crippen LogP contribution in [0.5, 0.6) is 0 Å². The van der Waals surface area contributed by atoms with Gasteiger partial charge in [0.15, 0.2) is 0 Å². The molecule has 0 saturated heterocycles. The van der Waals surface area contributed by atoms with E-state index in [-0.39, 0.29) is 6.54 Å². The molecule has 0 radical (unpaired) electrons. The second-order valence-corrected chi connectivity index (χ2v) is 4.29. The lowest BCUT2D eigenvalue weighted by Gasteiger charge is -2.07. The Balaban J connectivity index is 2.37. The van der Waals surface area contributed by atoms with Crippen LogP contribution in [0.1, 0.15) is 25.3 Å². The van der Waals surface area contributed by atoms with Crippen LogP contribution in [0.2, 0.25) is 5.02 Å². The number of nitrogens with one attached hydrogen (secondary N) is 2. The molecule has 0 fully saturated rings. The first kappa shape index (κ1) is 14.5. The average Bonchev–Trinajstić information content (AvgIpc) is 2.37. The number of hydrogen-bond donors (Lipinski definition) is 2. The molecule has 0 atom stereocenters. The van der Waals surface area contributed by atoms with Gasteiger partial charge in [-0.3, -0.25) is 9.59 Å². The molecule has 98 valence electrons. The van der Waals surface area contributed by atoms with E-state index in [1.165, 1.54) is 0 Å². The third-order valence-electron chi connectivity index (χ3n) is 2.42. The summed E-state index contributed by atoms with van der Waals surface area (Å²) in [5.74, 6) is -1.23. The summed E-state index contributed by atoms with van der Waals surface area (Å²) in [6.07, 6.45) is 1.84. The molecule has 5 heteroatoms. The van der Waals surface area contributed by atoms with Crippen LogP contribution in [-0.2, 0) is 16.1 Å². The summed E-state index contributed by atoms with van der Waals surface area (Å²) in [7, 11) is 0. The molecule has 1 aromatic rings. The highest BCUT2D eigenvalue weighted by atomic mass is 35.5. The van der Waals surface area contributed by atoms with Crippen LogP contribution in [0.15, 0.2) is 24.3 Å². The Labute approximate surface area is 112 Å². The average molecular weight is 269 g/mol. The summed E-state index contributed by atoms with van der Waals surface area (Å²) < 4.78 is 0. The first-order valence-corrected chi connectivity index (χ1v) is 6.32. The molecule has 0 aliphatic heterocycles. The number of hydrogen-bond acceptors (Lipinski definition) is 2. The Morgan fingerprint density at radius 2 is 1.83 bits per heavy atom. The molecule has 0 saturated carbocycles. The lowest BCUT2D eigenvalue weighted by atomic mass is 10.2. The zero-order valence-corrected chi connectivity index (χ0v) is 11.1. The fraction of sp³-hybridized carbons (Fsp3) is 0.385. The van der Waals surface area contributed by atoms with E-state index in [2.05, 4.69) is 10.6 Å². The van der Waals surface area contributed by atoms with Crippen molar-refractivity contribution in [3.8, 4) is 0 Å². The predicted octanol–water partition coefficient (Wildman–Crippen LogP) is 1.87. The highest BCUT2D eigenvalue weighted by Gasteiger charge is 2.12. The number of unbranched alkanes of at least 4 members (excludes halogenated alkanes) is 1. The molecule has 1 rings (SSSR count). The van der Waals surface area contributed by atoms with Crippen molar-refractivity contribution in [2.24, 2.45) is 0 Å². The number of carbonyl (C=O) groups excluding carboxylic acids is 2. The van der Waals surface area contributed by atoms with Gasteiger partial charge in [0.2, 0.25) is 0 Å². The third-order valence-corrected chi connectivity index (χ3v) is 2.79. The zero-order valence-electron chi connectivity index (χ0n) is 10.3. The van der Waals surface area contributed by atoms with Gasteiger partial charge in [-0.05, 0) is 18.1 Å². The van der Waals surface area contributed by atoms with Crippen molar-refractivity contribution in [2.45, 2.75) is 26.3 Å². The van der Waals surface area contributed by atoms with E-state index in [1.54, 1.807) is 12.1 Å². The summed E-state index contributed by atoms with van der Waals surface area (Å²) in [5.41, 5.74) is 0.786. The lowest BCUT2D eigenvalue weighted by Crippen LogP contribution is -2.39. The fourth-order valence-electron chi connectivity index (χ4n) is 1.36. The molecular formula is C13H17ClN2O2. The van der Waals surface area contributed by atoms with Crippen LogP contribution in [0.25, 0.3) is 0 Å². The molecular weight excluding hydrogens is 252 g/mol. The first-order valence-electron chi connectivity index (χ1n) is 5.94. The molecule has 2 amide bonds. The molecule has 4 nitrogen and oxygen atoms in total. The van der Waals surface area contributed by atoms with Gasteiger partial charge in [-0.2, -0.15) is 0 Å². The molecule has 0 bridgehead atoms. The molecule has 1 aromatic carbocycles. The van der Waals surface area contributed by atoms with Gasteiger partial charge in [0.05, 0.1) is 0 Å². The van der Waals surface area contributed by atoms with Gasteiger partial charge in [-0.25, -0.2) is 0 Å². The van der Waals surface area contributed by atoms with Gasteiger partial charge >= 0.3 is 11.8 Å². The predicted molar refractivity (Wildman–Crippen MR) is 71.2 cm³/mol. The van der Waals surface area contributed by atoms with Gasteiger partial charge in [0, 0.05) is 18.1 Å². The third kappa shape index (κ3) is 4.75. The normalized spacial score (nSPS) is 9.89. The Bertz CT molecular complexity index is 421. The number of halogens is 1. The molecule has 0 aliphatic rings. The Kier molecular flexibility index (Phi) is 6.22. The minimum atomic E-state index is -0.633. The van der Waals surface area contributed by atoms with Crippen LogP contribution in [0, 0.1) is 0 Å². The maximum atomic E-state index is 11.5. The second-order valence-electron chi connectivity index (χ2n) is 3.88. The molecule has 2 N–H and O–H groups in total. The smallest absolute Gasteiger partial charge is 0.309 e. The number of carbonyl (C=O) groups is 2. The topological polar surface area (TPSA) is 58.2 Å². The SMILES string of the molecule is CCCCNC(=O)C(=O)NCc1ccccc1Cl. The van der Waals surface area contributed by atoms with Crippen LogP contribution in [0.4, 0.5) is 0 Å². The molecule has 0 heterocycles. The number of rotatable bonds is 5. The summed E-state index contributed by atoms with van der Waals surface area (Å²) in [4.78, 5) is 22.8.